The molecule has 0 spiro atoms. The van der Waals surface area contributed by atoms with Gasteiger partial charge in [-0.25, -0.2) is 17.7 Å². The number of pyridine rings is 1. The minimum atomic E-state index is -3.52. The first-order chi connectivity index (χ1) is 8.51. The Labute approximate surface area is 113 Å². The third-order valence-electron chi connectivity index (χ3n) is 3.40. The molecular weight excluding hydrogens is 272 g/mol. The third kappa shape index (κ3) is 2.84. The monoisotopic (exact) mass is 288 g/mol. The topological polar surface area (TPSA) is 50.3 Å². The van der Waals surface area contributed by atoms with E-state index in [1.54, 1.807) is 13.1 Å². The summed E-state index contributed by atoms with van der Waals surface area (Å²) >= 11 is 5.85. The van der Waals surface area contributed by atoms with Gasteiger partial charge in [-0.2, -0.15) is 0 Å². The van der Waals surface area contributed by atoms with Gasteiger partial charge in [0.2, 0.25) is 10.0 Å². The van der Waals surface area contributed by atoms with Crippen LogP contribution >= 0.6 is 11.6 Å². The van der Waals surface area contributed by atoms with E-state index in [2.05, 4.69) is 4.98 Å². The van der Waals surface area contributed by atoms with Gasteiger partial charge in [0.25, 0.3) is 0 Å². The lowest BCUT2D eigenvalue weighted by atomic mass is 10.1. The van der Waals surface area contributed by atoms with Crippen LogP contribution in [0, 0.1) is 5.92 Å². The summed E-state index contributed by atoms with van der Waals surface area (Å²) in [6, 6.07) is 3.08. The first-order valence-electron chi connectivity index (χ1n) is 6.08. The zero-order chi connectivity index (χ0) is 13.2. The predicted molar refractivity (Wildman–Crippen MR) is 71.0 cm³/mol. The van der Waals surface area contributed by atoms with E-state index < -0.39 is 10.0 Å². The van der Waals surface area contributed by atoms with E-state index in [4.69, 9.17) is 11.6 Å². The Bertz CT molecular complexity index is 513. The van der Waals surface area contributed by atoms with Crippen molar-refractivity contribution in [2.75, 3.05) is 13.6 Å². The van der Waals surface area contributed by atoms with E-state index in [0.29, 0.717) is 12.5 Å². The lowest BCUT2D eigenvalue weighted by Crippen LogP contribution is -2.31. The Kier molecular flexibility index (Phi) is 4.25. The Balaban J connectivity index is 2.17. The smallest absolute Gasteiger partial charge is 0.243 e. The summed E-state index contributed by atoms with van der Waals surface area (Å²) in [6.07, 6.45) is 6.11. The number of sulfonamides is 1. The molecule has 1 aromatic rings. The van der Waals surface area contributed by atoms with Gasteiger partial charge in [-0.1, -0.05) is 24.4 Å². The van der Waals surface area contributed by atoms with Gasteiger partial charge < -0.3 is 0 Å². The fourth-order valence-corrected chi connectivity index (χ4v) is 4.06. The molecule has 1 aliphatic carbocycles. The Morgan fingerprint density at radius 2 is 2.11 bits per heavy atom. The molecule has 0 atom stereocenters. The summed E-state index contributed by atoms with van der Waals surface area (Å²) in [6.45, 7) is 0.563. The van der Waals surface area contributed by atoms with Crippen LogP contribution < -0.4 is 0 Å². The zero-order valence-electron chi connectivity index (χ0n) is 10.3. The third-order valence-corrected chi connectivity index (χ3v) is 5.67. The van der Waals surface area contributed by atoms with E-state index in [1.807, 2.05) is 0 Å². The number of nitrogens with zero attached hydrogens (tertiary/aromatic N) is 2. The van der Waals surface area contributed by atoms with Gasteiger partial charge >= 0.3 is 0 Å². The molecule has 1 saturated carbocycles. The summed E-state index contributed by atoms with van der Waals surface area (Å²) in [5.41, 5.74) is 0. The van der Waals surface area contributed by atoms with E-state index >= 15 is 0 Å². The van der Waals surface area contributed by atoms with Crippen molar-refractivity contribution in [3.8, 4) is 0 Å². The first-order valence-corrected chi connectivity index (χ1v) is 7.90. The van der Waals surface area contributed by atoms with E-state index in [1.165, 1.54) is 29.4 Å². The molecule has 1 fully saturated rings. The van der Waals surface area contributed by atoms with Gasteiger partial charge in [0.15, 0.2) is 0 Å². The maximum atomic E-state index is 12.3. The van der Waals surface area contributed by atoms with Crippen molar-refractivity contribution in [1.82, 2.24) is 9.29 Å². The highest BCUT2D eigenvalue weighted by Gasteiger charge is 2.27. The van der Waals surface area contributed by atoms with E-state index in [9.17, 15) is 8.42 Å². The second-order valence-electron chi connectivity index (χ2n) is 4.73. The van der Waals surface area contributed by atoms with Gasteiger partial charge in [-0.05, 0) is 30.9 Å². The number of halogens is 1. The molecule has 1 heterocycles. The zero-order valence-corrected chi connectivity index (χ0v) is 11.9. The standard InChI is InChI=1S/C12H17ClN2O2S/c1-15(9-10-5-2-3-6-10)18(16,17)11-7-4-8-14-12(11)13/h4,7-8,10H,2-3,5-6,9H2,1H3. The van der Waals surface area contributed by atoms with E-state index in [0.717, 1.165) is 12.8 Å². The van der Waals surface area contributed by atoms with Gasteiger partial charge in [0.05, 0.1) is 0 Å². The highest BCUT2D eigenvalue weighted by Crippen LogP contribution is 2.28. The quantitative estimate of drug-likeness (QED) is 0.800. The minimum absolute atomic E-state index is 0.0378. The molecule has 0 N–H and O–H groups in total. The average Bonchev–Trinajstić information content (AvgIpc) is 2.82. The molecule has 0 aromatic carbocycles. The molecule has 1 aromatic heterocycles. The second kappa shape index (κ2) is 5.55. The molecule has 6 heteroatoms. The molecule has 2 rings (SSSR count). The molecule has 4 nitrogen and oxygen atoms in total. The van der Waals surface area contributed by atoms with Crippen LogP contribution in [0.2, 0.25) is 5.15 Å². The summed E-state index contributed by atoms with van der Waals surface area (Å²) in [5, 5.41) is 0.0378. The maximum Gasteiger partial charge on any atom is 0.245 e. The molecule has 0 saturated heterocycles. The van der Waals surface area contributed by atoms with Crippen molar-refractivity contribution in [1.29, 1.82) is 0 Å². The fourth-order valence-electron chi connectivity index (χ4n) is 2.39. The molecule has 0 bridgehead atoms. The largest absolute Gasteiger partial charge is 0.245 e. The van der Waals surface area contributed by atoms with Crippen LogP contribution in [0.1, 0.15) is 25.7 Å². The Morgan fingerprint density at radius 3 is 2.72 bits per heavy atom. The molecular formula is C12H17ClN2O2S. The molecule has 0 unspecified atom stereocenters. The van der Waals surface area contributed by atoms with Crippen molar-refractivity contribution in [3.63, 3.8) is 0 Å². The van der Waals surface area contributed by atoms with Gasteiger partial charge in [0, 0.05) is 19.8 Å². The van der Waals surface area contributed by atoms with Crippen molar-refractivity contribution in [3.05, 3.63) is 23.5 Å². The van der Waals surface area contributed by atoms with Crippen LogP contribution in [0.25, 0.3) is 0 Å². The highest BCUT2D eigenvalue weighted by molar-refractivity contribution is 7.89. The number of hydrogen-bond acceptors (Lipinski definition) is 3. The summed E-state index contributed by atoms with van der Waals surface area (Å²) < 4.78 is 26.1. The molecule has 0 amide bonds. The average molecular weight is 289 g/mol. The number of rotatable bonds is 4. The fraction of sp³-hybridized carbons (Fsp3) is 0.583. The van der Waals surface area contributed by atoms with Crippen molar-refractivity contribution < 1.29 is 8.42 Å². The van der Waals surface area contributed by atoms with Gasteiger partial charge in [-0.3, -0.25) is 0 Å². The van der Waals surface area contributed by atoms with Crippen LogP contribution in [0.15, 0.2) is 23.2 Å². The Hall–Kier alpha value is -0.650. The summed E-state index contributed by atoms with van der Waals surface area (Å²) in [4.78, 5) is 3.91. The number of hydrogen-bond donors (Lipinski definition) is 0. The normalized spacial score (nSPS) is 17.5. The van der Waals surface area contributed by atoms with Crippen LogP contribution in [-0.4, -0.2) is 31.3 Å². The second-order valence-corrected chi connectivity index (χ2v) is 7.10. The number of aromatic nitrogens is 1. The van der Waals surface area contributed by atoms with Crippen molar-refractivity contribution in [2.24, 2.45) is 5.92 Å². The van der Waals surface area contributed by atoms with E-state index in [-0.39, 0.29) is 10.0 Å². The predicted octanol–water partition coefficient (Wildman–Crippen LogP) is 2.55. The minimum Gasteiger partial charge on any atom is -0.243 e. The SMILES string of the molecule is CN(CC1CCCC1)S(=O)(=O)c1cccnc1Cl. The summed E-state index contributed by atoms with van der Waals surface area (Å²) in [5.74, 6) is 0.472. The van der Waals surface area contributed by atoms with Crippen LogP contribution in [0.3, 0.4) is 0 Å². The Morgan fingerprint density at radius 1 is 1.44 bits per heavy atom. The highest BCUT2D eigenvalue weighted by atomic mass is 35.5. The van der Waals surface area contributed by atoms with Gasteiger partial charge in [-0.15, -0.1) is 0 Å². The summed E-state index contributed by atoms with van der Waals surface area (Å²) in [7, 11) is -1.91. The first kappa shape index (κ1) is 13.8. The molecule has 18 heavy (non-hydrogen) atoms. The molecule has 0 radical (unpaired) electrons. The molecule has 100 valence electrons. The lowest BCUT2D eigenvalue weighted by molar-refractivity contribution is 0.387. The molecule has 0 aliphatic heterocycles. The maximum absolute atomic E-state index is 12.3. The van der Waals surface area contributed by atoms with Crippen molar-refractivity contribution >= 4 is 21.6 Å². The van der Waals surface area contributed by atoms with Gasteiger partial charge in [0.1, 0.15) is 10.0 Å². The van der Waals surface area contributed by atoms with Crippen molar-refractivity contribution in [2.45, 2.75) is 30.6 Å². The van der Waals surface area contributed by atoms with Crippen LogP contribution in [-0.2, 0) is 10.0 Å². The van der Waals surface area contributed by atoms with Crippen LogP contribution in [0.4, 0.5) is 0 Å². The molecule has 1 aliphatic rings. The lowest BCUT2D eigenvalue weighted by Gasteiger charge is -2.20. The van der Waals surface area contributed by atoms with Crippen LogP contribution in [0.5, 0.6) is 0 Å².